The van der Waals surface area contributed by atoms with Crippen LogP contribution in [0.3, 0.4) is 0 Å². The second-order valence-electron chi connectivity index (χ2n) is 18.0. The normalized spacial score (nSPS) is 14.8. The Morgan fingerprint density at radius 3 is 2.11 bits per heavy atom. The number of aliphatic imine (C=N–C) groups is 1. The molecule has 0 saturated carbocycles. The quantitative estimate of drug-likeness (QED) is 0.0549. The van der Waals surface area contributed by atoms with Crippen LogP contribution in [0.5, 0.6) is 0 Å². The van der Waals surface area contributed by atoms with Crippen LogP contribution in [0.25, 0.3) is 60.7 Å². The van der Waals surface area contributed by atoms with Crippen LogP contribution in [0.15, 0.2) is 239 Å². The van der Waals surface area contributed by atoms with E-state index in [0.29, 0.717) is 0 Å². The highest BCUT2D eigenvalue weighted by atomic mass is 32.2. The third kappa shape index (κ3) is 9.80. The van der Waals surface area contributed by atoms with Crippen LogP contribution in [-0.4, -0.2) is 15.0 Å². The molecule has 5 nitrogen and oxygen atoms in total. The summed E-state index contributed by atoms with van der Waals surface area (Å²) in [5, 5.41) is 4.66. The topological polar surface area (TPSA) is 28.7 Å². The van der Waals surface area contributed by atoms with Crippen molar-refractivity contribution in [3.05, 3.63) is 241 Å². The van der Waals surface area contributed by atoms with E-state index in [1.165, 1.54) is 33.5 Å². The van der Waals surface area contributed by atoms with Crippen molar-refractivity contribution >= 4 is 89.7 Å². The van der Waals surface area contributed by atoms with Gasteiger partial charge in [0.25, 0.3) is 0 Å². The fraction of sp³-hybridized carbons (Fsp3) is 0.167. The first-order chi connectivity index (χ1) is 35.0. The largest absolute Gasteiger partial charge is 0.318 e. The summed E-state index contributed by atoms with van der Waals surface area (Å²) in [5.41, 5.74) is 15.9. The number of hydrogen-bond acceptors (Lipinski definition) is 3. The van der Waals surface area contributed by atoms with Gasteiger partial charge in [0.2, 0.25) is 0 Å². The Labute approximate surface area is 432 Å². The van der Waals surface area contributed by atoms with E-state index in [4.69, 9.17) is 4.99 Å². The summed E-state index contributed by atoms with van der Waals surface area (Å²) in [7, 11) is 0. The maximum absolute atomic E-state index is 5.51. The number of rotatable bonds is 16. The van der Waals surface area contributed by atoms with Gasteiger partial charge in [0.15, 0.2) is 0 Å². The molecule has 0 unspecified atom stereocenters. The first-order valence-electron chi connectivity index (χ1n) is 25.0. The van der Waals surface area contributed by atoms with Gasteiger partial charge in [0, 0.05) is 54.1 Å². The van der Waals surface area contributed by atoms with E-state index in [9.17, 15) is 0 Å². The molecule has 0 radical (unpaired) electrons. The monoisotopic (exact) mass is 962 g/mol. The molecule has 1 aliphatic heterocycles. The highest BCUT2D eigenvalue weighted by molar-refractivity contribution is 8.03. The first-order valence-corrected chi connectivity index (χ1v) is 25.8. The van der Waals surface area contributed by atoms with Crippen molar-refractivity contribution in [1.29, 1.82) is 0 Å². The fourth-order valence-electron chi connectivity index (χ4n) is 9.77. The van der Waals surface area contributed by atoms with E-state index in [1.807, 2.05) is 37.3 Å². The van der Waals surface area contributed by atoms with Gasteiger partial charge >= 0.3 is 0 Å². The van der Waals surface area contributed by atoms with Crippen molar-refractivity contribution in [2.75, 3.05) is 9.80 Å². The lowest BCUT2D eigenvalue weighted by Gasteiger charge is -2.33. The molecule has 0 spiro atoms. The fourth-order valence-corrected chi connectivity index (χ4v) is 10.9. The predicted octanol–water partition coefficient (Wildman–Crippen LogP) is 19.3. The molecule has 0 N–H and O–H groups in total. The van der Waals surface area contributed by atoms with Crippen LogP contribution in [0, 0.1) is 6.92 Å². The Morgan fingerprint density at radius 1 is 0.722 bits per heavy atom. The van der Waals surface area contributed by atoms with Crippen molar-refractivity contribution in [2.24, 2.45) is 4.99 Å². The second-order valence-corrected chi connectivity index (χ2v) is 19.1. The van der Waals surface area contributed by atoms with E-state index in [2.05, 4.69) is 246 Å². The third-order valence-electron chi connectivity index (χ3n) is 13.3. The van der Waals surface area contributed by atoms with Crippen molar-refractivity contribution in [2.45, 2.75) is 80.1 Å². The zero-order chi connectivity index (χ0) is 51.1. The number of para-hydroxylation sites is 2. The molecule has 6 heteroatoms. The average Bonchev–Trinajstić information content (AvgIpc) is 3.88. The molecule has 5 aromatic carbocycles. The first kappa shape index (κ1) is 50.6. The van der Waals surface area contributed by atoms with Crippen molar-refractivity contribution in [1.82, 2.24) is 9.13 Å². The van der Waals surface area contributed by atoms with Gasteiger partial charge in [-0.2, -0.15) is 0 Å². The Morgan fingerprint density at radius 2 is 1.42 bits per heavy atom. The van der Waals surface area contributed by atoms with Gasteiger partial charge in [-0.25, -0.2) is 4.99 Å². The lowest BCUT2D eigenvalue weighted by atomic mass is 10.0. The summed E-state index contributed by atoms with van der Waals surface area (Å²) in [6.07, 6.45) is 29.0. The highest BCUT2D eigenvalue weighted by Gasteiger charge is 2.26. The molecule has 0 amide bonds. The van der Waals surface area contributed by atoms with Crippen LogP contribution in [0.4, 0.5) is 11.4 Å². The standard InChI is InChI=1S/C66H67N5S/c1-13-20-22-30-51(17-5)68(48(11)46(9)29-21-14-2)53-38-36-50(37-39-53)47(10)42-52(18-6)70-59-32-24-23-31-54(59)56-43-63-57(44-62(56)70)55-41-45(8)35-40-60(55)71(63)66(28-16-4)67-49(12)69-58(19-7)64(27-15-3)72-65-34-26-25-33-61(65)69/h13,15-16,18-44H,1,4,7,14,17H2,2-3,5-6,8-12H3/b22-20-,27-15-,29-21-,47-42+,48-46+,51-30+,52-18+,66-28+,67-49+. The molecule has 3 heterocycles. The van der Waals surface area contributed by atoms with Crippen LogP contribution in [-0.2, 0) is 0 Å². The lowest BCUT2D eigenvalue weighted by Crippen LogP contribution is -2.30. The van der Waals surface area contributed by atoms with Crippen molar-refractivity contribution in [3.8, 4) is 0 Å². The van der Waals surface area contributed by atoms with E-state index in [-0.39, 0.29) is 0 Å². The lowest BCUT2D eigenvalue weighted by molar-refractivity contribution is 0.955. The third-order valence-corrected chi connectivity index (χ3v) is 14.5. The molecule has 362 valence electrons. The summed E-state index contributed by atoms with van der Waals surface area (Å²) in [4.78, 5) is 12.4. The Kier molecular flexibility index (Phi) is 15.8. The van der Waals surface area contributed by atoms with Crippen LogP contribution >= 0.6 is 11.8 Å². The molecule has 0 aliphatic carbocycles. The van der Waals surface area contributed by atoms with Crippen molar-refractivity contribution in [3.63, 3.8) is 0 Å². The van der Waals surface area contributed by atoms with E-state index >= 15 is 0 Å². The van der Waals surface area contributed by atoms with Gasteiger partial charge in [0.1, 0.15) is 11.7 Å². The van der Waals surface area contributed by atoms with Crippen LogP contribution < -0.4 is 9.80 Å². The van der Waals surface area contributed by atoms with Gasteiger partial charge in [0.05, 0.1) is 33.5 Å². The number of thioether (sulfide) groups is 1. The minimum absolute atomic E-state index is 0.768. The molecular formula is C66H67N5S. The molecule has 2 aromatic heterocycles. The number of aryl methyl sites for hydroxylation is 1. The molecule has 7 aromatic rings. The Hall–Kier alpha value is -7.80. The maximum Gasteiger partial charge on any atom is 0.139 e. The maximum atomic E-state index is 5.51. The number of amidine groups is 1. The van der Waals surface area contributed by atoms with E-state index < -0.39 is 0 Å². The van der Waals surface area contributed by atoms with Gasteiger partial charge in [-0.05, 0) is 157 Å². The molecular weight excluding hydrogens is 895 g/mol. The molecule has 8 rings (SSSR count). The predicted molar refractivity (Wildman–Crippen MR) is 320 cm³/mol. The van der Waals surface area contributed by atoms with Gasteiger partial charge in [-0.1, -0.05) is 154 Å². The number of anilines is 2. The van der Waals surface area contributed by atoms with E-state index in [1.54, 1.807) is 11.8 Å². The highest BCUT2D eigenvalue weighted by Crippen LogP contribution is 2.45. The molecule has 1 aliphatic rings. The molecule has 0 saturated heterocycles. The van der Waals surface area contributed by atoms with Gasteiger partial charge in [-0.15, -0.1) is 0 Å². The number of nitrogens with zero attached hydrogens (tertiary/aromatic N) is 5. The summed E-state index contributed by atoms with van der Waals surface area (Å²) in [6, 6.07) is 37.7. The number of benzene rings is 5. The Balaban J connectivity index is 1.27. The molecule has 0 fully saturated rings. The minimum Gasteiger partial charge on any atom is -0.318 e. The number of fused-ring (bicyclic) bond motifs is 7. The smallest absolute Gasteiger partial charge is 0.139 e. The SMILES string of the molecule is C=C/C=C\C=C(/CC)N(/C(C)=C(C)/C=C\CC)c1ccc(/C(C)=C/C(=C\C)n2c3ccccc3c3cc4c(cc32)c2cc(C)ccc2n4C(=C/C=C)/N=C(\C)N2C(C=C)=C(/C=C\C)Sc3ccccc32)cc1. The van der Waals surface area contributed by atoms with E-state index in [0.717, 1.165) is 101 Å². The summed E-state index contributed by atoms with van der Waals surface area (Å²) >= 11 is 1.75. The molecule has 0 atom stereocenters. The van der Waals surface area contributed by atoms with Crippen LogP contribution in [0.2, 0.25) is 0 Å². The van der Waals surface area contributed by atoms with Gasteiger partial charge in [-0.3, -0.25) is 9.47 Å². The zero-order valence-electron chi connectivity index (χ0n) is 43.5. The number of hydrogen-bond donors (Lipinski definition) is 0. The number of aromatic nitrogens is 2. The molecule has 0 bridgehead atoms. The zero-order valence-corrected chi connectivity index (χ0v) is 44.3. The average molecular weight is 962 g/mol. The van der Waals surface area contributed by atoms with Crippen LogP contribution in [0.1, 0.15) is 79.4 Å². The number of allylic oxidation sites excluding steroid dienone is 18. The van der Waals surface area contributed by atoms with Crippen molar-refractivity contribution < 1.29 is 0 Å². The van der Waals surface area contributed by atoms with Gasteiger partial charge < -0.3 is 9.47 Å². The minimum atomic E-state index is 0.768. The summed E-state index contributed by atoms with van der Waals surface area (Å²) in [5.74, 6) is 1.59. The summed E-state index contributed by atoms with van der Waals surface area (Å²) < 4.78 is 4.73. The summed E-state index contributed by atoms with van der Waals surface area (Å²) in [6.45, 7) is 31.8. The Bertz CT molecular complexity index is 3580. The second kappa shape index (κ2) is 22.5. The molecule has 72 heavy (non-hydrogen) atoms.